The van der Waals surface area contributed by atoms with Crippen LogP contribution in [0, 0.1) is 40.9 Å². The van der Waals surface area contributed by atoms with Gasteiger partial charge in [0.2, 0.25) is 0 Å². The predicted octanol–water partition coefficient (Wildman–Crippen LogP) is 4.47. The Morgan fingerprint density at radius 1 is 0.913 bits per heavy atom. The number of hydrogen-bond donors (Lipinski definition) is 2. The van der Waals surface area contributed by atoms with E-state index in [9.17, 15) is 5.11 Å². The highest BCUT2D eigenvalue weighted by molar-refractivity contribution is 5.62. The number of nitrogens with zero attached hydrogens (tertiary/aromatic N) is 1. The zero-order chi connectivity index (χ0) is 16.2. The van der Waals surface area contributed by atoms with E-state index in [4.69, 9.17) is 5.21 Å². The third kappa shape index (κ3) is 2.45. The standard InChI is InChI=1S/C20H33NO2/c1-19(22)9-7-15-13(11-19)3-5-17-16(15)8-10-20(2)14(12-21-23)4-6-18(17)20/h12-18,22-23H,3-11H2,1-2H3/b21-12+/t13-,14+,15-,16+,17+,18-,19+,20+/m0/s1. The lowest BCUT2D eigenvalue weighted by Crippen LogP contribution is -2.50. The van der Waals surface area contributed by atoms with Crippen molar-refractivity contribution < 1.29 is 10.3 Å². The molecule has 0 aliphatic heterocycles. The van der Waals surface area contributed by atoms with Crippen LogP contribution >= 0.6 is 0 Å². The first-order chi connectivity index (χ1) is 10.9. The van der Waals surface area contributed by atoms with Gasteiger partial charge in [-0.15, -0.1) is 5.16 Å². The van der Waals surface area contributed by atoms with Crippen LogP contribution in [0.25, 0.3) is 0 Å². The molecule has 0 aromatic carbocycles. The highest BCUT2D eigenvalue weighted by Gasteiger charge is 2.57. The molecule has 4 fully saturated rings. The largest absolute Gasteiger partial charge is 0.411 e. The zero-order valence-corrected chi connectivity index (χ0v) is 14.7. The first-order valence-electron chi connectivity index (χ1n) is 9.84. The van der Waals surface area contributed by atoms with Gasteiger partial charge in [0, 0.05) is 12.1 Å². The lowest BCUT2D eigenvalue weighted by Gasteiger charge is -2.56. The van der Waals surface area contributed by atoms with Crippen LogP contribution in [0.15, 0.2) is 5.16 Å². The van der Waals surface area contributed by atoms with Crippen LogP contribution < -0.4 is 0 Å². The molecule has 0 aromatic rings. The third-order valence-corrected chi connectivity index (χ3v) is 8.56. The van der Waals surface area contributed by atoms with E-state index in [1.807, 2.05) is 13.1 Å². The summed E-state index contributed by atoms with van der Waals surface area (Å²) in [5, 5.41) is 22.9. The molecule has 4 saturated carbocycles. The smallest absolute Gasteiger partial charge is 0.0622 e. The van der Waals surface area contributed by atoms with Gasteiger partial charge in [0.15, 0.2) is 0 Å². The Morgan fingerprint density at radius 3 is 2.48 bits per heavy atom. The molecule has 0 unspecified atom stereocenters. The summed E-state index contributed by atoms with van der Waals surface area (Å²) >= 11 is 0. The lowest BCUT2D eigenvalue weighted by molar-refractivity contribution is -0.0963. The van der Waals surface area contributed by atoms with Crippen molar-refractivity contribution in [3.63, 3.8) is 0 Å². The highest BCUT2D eigenvalue weighted by Crippen LogP contribution is 2.64. The van der Waals surface area contributed by atoms with Gasteiger partial charge in [0.05, 0.1) is 5.60 Å². The molecule has 0 aromatic heterocycles. The molecule has 0 heterocycles. The Kier molecular flexibility index (Phi) is 3.79. The van der Waals surface area contributed by atoms with Crippen molar-refractivity contribution in [3.8, 4) is 0 Å². The van der Waals surface area contributed by atoms with Gasteiger partial charge in [-0.3, -0.25) is 0 Å². The van der Waals surface area contributed by atoms with Crippen LogP contribution in [-0.4, -0.2) is 22.1 Å². The van der Waals surface area contributed by atoms with Crippen molar-refractivity contribution in [2.75, 3.05) is 0 Å². The molecule has 23 heavy (non-hydrogen) atoms. The number of oxime groups is 1. The predicted molar refractivity (Wildman–Crippen MR) is 91.5 cm³/mol. The molecule has 4 aliphatic carbocycles. The van der Waals surface area contributed by atoms with Crippen molar-refractivity contribution in [1.29, 1.82) is 0 Å². The van der Waals surface area contributed by atoms with Crippen LogP contribution in [0.3, 0.4) is 0 Å². The van der Waals surface area contributed by atoms with E-state index < -0.39 is 5.60 Å². The molecule has 0 saturated heterocycles. The zero-order valence-electron chi connectivity index (χ0n) is 14.7. The Bertz CT molecular complexity index is 488. The van der Waals surface area contributed by atoms with Gasteiger partial charge in [-0.1, -0.05) is 6.92 Å². The summed E-state index contributed by atoms with van der Waals surface area (Å²) < 4.78 is 0. The van der Waals surface area contributed by atoms with E-state index in [1.54, 1.807) is 0 Å². The molecular weight excluding hydrogens is 286 g/mol. The fourth-order valence-corrected chi connectivity index (χ4v) is 7.45. The second kappa shape index (κ2) is 5.47. The summed E-state index contributed by atoms with van der Waals surface area (Å²) in [6.07, 6.45) is 13.0. The lowest BCUT2D eigenvalue weighted by atomic mass is 9.49. The Balaban J connectivity index is 1.54. The Hall–Kier alpha value is -0.570. The molecule has 8 atom stereocenters. The van der Waals surface area contributed by atoms with Crippen LogP contribution in [0.4, 0.5) is 0 Å². The molecule has 0 bridgehead atoms. The molecule has 3 heteroatoms. The van der Waals surface area contributed by atoms with Crippen molar-refractivity contribution in [1.82, 2.24) is 0 Å². The van der Waals surface area contributed by atoms with Crippen molar-refractivity contribution in [3.05, 3.63) is 0 Å². The molecule has 0 radical (unpaired) electrons. The van der Waals surface area contributed by atoms with E-state index >= 15 is 0 Å². The van der Waals surface area contributed by atoms with Gasteiger partial charge < -0.3 is 10.3 Å². The maximum atomic E-state index is 10.5. The minimum atomic E-state index is -0.409. The van der Waals surface area contributed by atoms with Gasteiger partial charge in [-0.25, -0.2) is 0 Å². The number of hydrogen-bond acceptors (Lipinski definition) is 3. The summed E-state index contributed by atoms with van der Waals surface area (Å²) in [6, 6.07) is 0. The Morgan fingerprint density at radius 2 is 1.70 bits per heavy atom. The van der Waals surface area contributed by atoms with Gasteiger partial charge in [-0.2, -0.15) is 0 Å². The minimum Gasteiger partial charge on any atom is -0.411 e. The maximum absolute atomic E-state index is 10.5. The number of fused-ring (bicyclic) bond motifs is 5. The monoisotopic (exact) mass is 319 g/mol. The van der Waals surface area contributed by atoms with Crippen LogP contribution in [0.5, 0.6) is 0 Å². The SMILES string of the molecule is C[C@@]1(O)CC[C@H]2[C@@H](CC[C@@H]3[C@@H]2CC[C@]2(C)[C@@H](/C=N/O)CC[C@@H]32)C1. The van der Waals surface area contributed by atoms with Crippen LogP contribution in [0.1, 0.15) is 71.6 Å². The molecule has 4 rings (SSSR count). The molecule has 4 aliphatic rings. The normalized spacial score (nSPS) is 56.1. The average Bonchev–Trinajstić information content (AvgIpc) is 2.83. The molecule has 3 nitrogen and oxygen atoms in total. The second-order valence-corrected chi connectivity index (χ2v) is 9.67. The van der Waals surface area contributed by atoms with Crippen molar-refractivity contribution in [2.24, 2.45) is 46.1 Å². The highest BCUT2D eigenvalue weighted by atomic mass is 16.4. The first kappa shape index (κ1) is 15.9. The van der Waals surface area contributed by atoms with Gasteiger partial charge in [-0.05, 0) is 99.7 Å². The van der Waals surface area contributed by atoms with Gasteiger partial charge in [0.25, 0.3) is 0 Å². The van der Waals surface area contributed by atoms with Crippen LogP contribution in [0.2, 0.25) is 0 Å². The van der Waals surface area contributed by atoms with E-state index in [1.165, 1.54) is 44.9 Å². The van der Waals surface area contributed by atoms with Gasteiger partial charge in [0.1, 0.15) is 0 Å². The fraction of sp³-hybridized carbons (Fsp3) is 0.950. The summed E-state index contributed by atoms with van der Waals surface area (Å²) in [5.74, 6) is 4.71. The summed E-state index contributed by atoms with van der Waals surface area (Å²) in [7, 11) is 0. The summed E-state index contributed by atoms with van der Waals surface area (Å²) in [5.41, 5.74) is -0.0480. The van der Waals surface area contributed by atoms with Crippen LogP contribution in [-0.2, 0) is 0 Å². The number of aliphatic hydroxyl groups is 1. The van der Waals surface area contributed by atoms with Gasteiger partial charge >= 0.3 is 0 Å². The second-order valence-electron chi connectivity index (χ2n) is 9.67. The molecule has 0 spiro atoms. The molecule has 2 N–H and O–H groups in total. The topological polar surface area (TPSA) is 52.8 Å². The first-order valence-corrected chi connectivity index (χ1v) is 9.84. The summed E-state index contributed by atoms with van der Waals surface area (Å²) in [6.45, 7) is 4.51. The minimum absolute atomic E-state index is 0.362. The molecular formula is C20H33NO2. The third-order valence-electron chi connectivity index (χ3n) is 8.56. The number of rotatable bonds is 1. The Labute approximate surface area is 140 Å². The van der Waals surface area contributed by atoms with E-state index in [-0.39, 0.29) is 0 Å². The quantitative estimate of drug-likeness (QED) is 0.426. The van der Waals surface area contributed by atoms with E-state index in [0.717, 1.165) is 42.4 Å². The van der Waals surface area contributed by atoms with E-state index in [2.05, 4.69) is 12.1 Å². The maximum Gasteiger partial charge on any atom is 0.0622 e. The van der Waals surface area contributed by atoms with E-state index in [0.29, 0.717) is 11.3 Å². The van der Waals surface area contributed by atoms with Crippen molar-refractivity contribution in [2.45, 2.75) is 77.2 Å². The molecule has 0 amide bonds. The van der Waals surface area contributed by atoms with Crippen molar-refractivity contribution >= 4 is 6.21 Å². The molecule has 130 valence electrons. The fourth-order valence-electron chi connectivity index (χ4n) is 7.45. The average molecular weight is 319 g/mol. The summed E-state index contributed by atoms with van der Waals surface area (Å²) in [4.78, 5) is 0.